The van der Waals surface area contributed by atoms with Gasteiger partial charge in [-0.3, -0.25) is 0 Å². The van der Waals surface area contributed by atoms with Crippen molar-refractivity contribution < 1.29 is 4.74 Å². The van der Waals surface area contributed by atoms with Gasteiger partial charge in [-0.2, -0.15) is 0 Å². The molecule has 18 heavy (non-hydrogen) atoms. The largest absolute Gasteiger partial charge is 0.379 e. The highest BCUT2D eigenvalue weighted by Crippen LogP contribution is 2.11. The Morgan fingerprint density at radius 1 is 0.722 bits per heavy atom. The Bertz CT molecular complexity index is 268. The Hall–Kier alpha value is -0.820. The van der Waals surface area contributed by atoms with E-state index in [1.54, 1.807) is 0 Å². The van der Waals surface area contributed by atoms with Crippen molar-refractivity contribution in [1.29, 1.82) is 0 Å². The Morgan fingerprint density at radius 3 is 1.89 bits per heavy atom. The zero-order valence-electron chi connectivity index (χ0n) is 11.6. The fourth-order valence-electron chi connectivity index (χ4n) is 2.24. The lowest BCUT2D eigenvalue weighted by molar-refractivity contribution is 0.233. The standard InChI is InChI=1S/C17H27O/c1-18-16-12-7-5-3-2-4-6-9-13-17-14-10-8-11-15-17/h8,10-11,14-15H,1-7,9,12-13,16H2. The van der Waals surface area contributed by atoms with Crippen LogP contribution in [0, 0.1) is 7.11 Å². The van der Waals surface area contributed by atoms with Gasteiger partial charge in [0.25, 0.3) is 0 Å². The summed E-state index contributed by atoms with van der Waals surface area (Å²) in [4.78, 5) is 0. The molecule has 0 aromatic heterocycles. The van der Waals surface area contributed by atoms with E-state index in [0.717, 1.165) is 13.0 Å². The van der Waals surface area contributed by atoms with Crippen LogP contribution in [0.5, 0.6) is 0 Å². The minimum Gasteiger partial charge on any atom is -0.379 e. The number of unbranched alkanes of at least 4 members (excludes halogenated alkanes) is 7. The first kappa shape index (κ1) is 15.2. The summed E-state index contributed by atoms with van der Waals surface area (Å²) in [5.74, 6) is 0. The van der Waals surface area contributed by atoms with Crippen LogP contribution in [0.25, 0.3) is 0 Å². The normalized spacial score (nSPS) is 10.7. The van der Waals surface area contributed by atoms with Crippen molar-refractivity contribution in [2.75, 3.05) is 6.61 Å². The van der Waals surface area contributed by atoms with Gasteiger partial charge >= 0.3 is 0 Å². The van der Waals surface area contributed by atoms with Gasteiger partial charge < -0.3 is 4.74 Å². The Labute approximate surface area is 113 Å². The van der Waals surface area contributed by atoms with E-state index in [9.17, 15) is 0 Å². The molecule has 0 spiro atoms. The Balaban J connectivity index is 1.82. The molecule has 0 fully saturated rings. The second-order valence-corrected chi connectivity index (χ2v) is 4.97. The summed E-state index contributed by atoms with van der Waals surface area (Å²) in [6.07, 6.45) is 11.9. The highest BCUT2D eigenvalue weighted by molar-refractivity contribution is 5.14. The van der Waals surface area contributed by atoms with Crippen molar-refractivity contribution in [3.8, 4) is 0 Å². The first-order valence-electron chi connectivity index (χ1n) is 7.34. The van der Waals surface area contributed by atoms with Crippen molar-refractivity contribution in [1.82, 2.24) is 0 Å². The van der Waals surface area contributed by atoms with Crippen molar-refractivity contribution in [2.24, 2.45) is 0 Å². The van der Waals surface area contributed by atoms with E-state index in [2.05, 4.69) is 37.4 Å². The maximum atomic E-state index is 4.79. The van der Waals surface area contributed by atoms with Crippen LogP contribution < -0.4 is 0 Å². The van der Waals surface area contributed by atoms with Gasteiger partial charge in [-0.25, -0.2) is 0 Å². The van der Waals surface area contributed by atoms with E-state index in [-0.39, 0.29) is 0 Å². The number of hydrogen-bond acceptors (Lipinski definition) is 1. The number of hydrogen-bond donors (Lipinski definition) is 0. The molecule has 0 heterocycles. The predicted molar refractivity (Wildman–Crippen MR) is 78.4 cm³/mol. The average Bonchev–Trinajstić information content (AvgIpc) is 2.42. The number of benzene rings is 1. The number of ether oxygens (including phenoxy) is 1. The molecule has 1 aromatic rings. The fourth-order valence-corrected chi connectivity index (χ4v) is 2.24. The van der Waals surface area contributed by atoms with E-state index in [4.69, 9.17) is 4.74 Å². The van der Waals surface area contributed by atoms with E-state index in [1.165, 1.54) is 56.9 Å². The van der Waals surface area contributed by atoms with Crippen LogP contribution in [0.15, 0.2) is 30.3 Å². The lowest BCUT2D eigenvalue weighted by Gasteiger charge is -2.03. The molecule has 0 atom stereocenters. The summed E-state index contributed by atoms with van der Waals surface area (Å²) in [6, 6.07) is 10.8. The van der Waals surface area contributed by atoms with Crippen molar-refractivity contribution >= 4 is 0 Å². The van der Waals surface area contributed by atoms with Gasteiger partial charge in [-0.15, -0.1) is 0 Å². The monoisotopic (exact) mass is 247 g/mol. The van der Waals surface area contributed by atoms with Gasteiger partial charge in [0.1, 0.15) is 0 Å². The van der Waals surface area contributed by atoms with E-state index in [1.807, 2.05) is 0 Å². The van der Waals surface area contributed by atoms with Crippen LogP contribution in [0.4, 0.5) is 0 Å². The molecule has 1 heteroatoms. The molecule has 1 aromatic carbocycles. The van der Waals surface area contributed by atoms with E-state index >= 15 is 0 Å². The first-order chi connectivity index (χ1) is 8.93. The predicted octanol–water partition coefficient (Wildman–Crippen LogP) is 5.16. The van der Waals surface area contributed by atoms with Crippen LogP contribution in [-0.2, 0) is 11.2 Å². The van der Waals surface area contributed by atoms with Crippen LogP contribution in [0.1, 0.15) is 56.9 Å². The summed E-state index contributed by atoms with van der Waals surface area (Å²) < 4.78 is 4.79. The Morgan fingerprint density at radius 2 is 1.28 bits per heavy atom. The minimum atomic E-state index is 0.817. The van der Waals surface area contributed by atoms with E-state index < -0.39 is 0 Å². The zero-order valence-corrected chi connectivity index (χ0v) is 11.6. The van der Waals surface area contributed by atoms with Gasteiger partial charge in [0.2, 0.25) is 0 Å². The molecule has 1 nitrogen and oxygen atoms in total. The maximum Gasteiger partial charge on any atom is 0.0700 e. The third kappa shape index (κ3) is 8.30. The van der Waals surface area contributed by atoms with Crippen LogP contribution in [0.2, 0.25) is 0 Å². The second-order valence-electron chi connectivity index (χ2n) is 4.97. The molecule has 0 aliphatic rings. The molecule has 0 saturated heterocycles. The first-order valence-corrected chi connectivity index (χ1v) is 7.34. The molecular formula is C17H27O. The van der Waals surface area contributed by atoms with Crippen LogP contribution >= 0.6 is 0 Å². The third-order valence-corrected chi connectivity index (χ3v) is 3.35. The summed E-state index contributed by atoms with van der Waals surface area (Å²) in [6.45, 7) is 0.817. The molecule has 0 bridgehead atoms. The van der Waals surface area contributed by atoms with Gasteiger partial charge in [0.15, 0.2) is 0 Å². The van der Waals surface area contributed by atoms with Crippen LogP contribution in [0.3, 0.4) is 0 Å². The van der Waals surface area contributed by atoms with Gasteiger partial charge in [0.05, 0.1) is 7.11 Å². The molecule has 1 rings (SSSR count). The summed E-state index contributed by atoms with van der Waals surface area (Å²) in [7, 11) is 3.38. The summed E-state index contributed by atoms with van der Waals surface area (Å²) >= 11 is 0. The van der Waals surface area contributed by atoms with Crippen molar-refractivity contribution in [3.05, 3.63) is 43.0 Å². The highest BCUT2D eigenvalue weighted by atomic mass is 16.5. The molecule has 1 radical (unpaired) electrons. The molecule has 0 N–H and O–H groups in total. The molecule has 0 amide bonds. The highest BCUT2D eigenvalue weighted by Gasteiger charge is 1.94. The lowest BCUT2D eigenvalue weighted by Crippen LogP contribution is -1.88. The fraction of sp³-hybridized carbons (Fsp3) is 0.588. The van der Waals surface area contributed by atoms with Gasteiger partial charge in [-0.05, 0) is 24.8 Å². The topological polar surface area (TPSA) is 9.23 Å². The lowest BCUT2D eigenvalue weighted by atomic mass is 10.0. The second kappa shape index (κ2) is 11.3. The summed E-state index contributed by atoms with van der Waals surface area (Å²) in [5.41, 5.74) is 1.48. The SMILES string of the molecule is [CH2]OCCCCCCCCCCc1ccccc1. The number of rotatable bonds is 11. The van der Waals surface area contributed by atoms with Crippen molar-refractivity contribution in [3.63, 3.8) is 0 Å². The molecular weight excluding hydrogens is 220 g/mol. The molecule has 101 valence electrons. The number of aryl methyl sites for hydroxylation is 1. The van der Waals surface area contributed by atoms with Gasteiger partial charge in [-0.1, -0.05) is 68.9 Å². The molecule has 0 aliphatic heterocycles. The zero-order chi connectivity index (χ0) is 12.9. The minimum absolute atomic E-state index is 0.817. The van der Waals surface area contributed by atoms with Gasteiger partial charge in [0, 0.05) is 6.61 Å². The smallest absolute Gasteiger partial charge is 0.0700 e. The third-order valence-electron chi connectivity index (χ3n) is 3.35. The summed E-state index contributed by atoms with van der Waals surface area (Å²) in [5, 5.41) is 0. The van der Waals surface area contributed by atoms with Crippen molar-refractivity contribution in [2.45, 2.75) is 57.8 Å². The average molecular weight is 247 g/mol. The Kier molecular flexibility index (Phi) is 9.55. The van der Waals surface area contributed by atoms with Crippen LogP contribution in [-0.4, -0.2) is 6.61 Å². The van der Waals surface area contributed by atoms with E-state index in [0.29, 0.717) is 0 Å². The molecule has 0 unspecified atom stereocenters. The quantitative estimate of drug-likeness (QED) is 0.491. The maximum absolute atomic E-state index is 4.79. The molecule has 0 aliphatic carbocycles. The molecule has 0 saturated carbocycles.